The molecule has 1 amide bonds. The van der Waals surface area contributed by atoms with Crippen molar-refractivity contribution in [3.63, 3.8) is 0 Å². The number of hydrogen-bond donors (Lipinski definition) is 2. The zero-order valence-corrected chi connectivity index (χ0v) is 13.5. The van der Waals surface area contributed by atoms with Crippen molar-refractivity contribution < 1.29 is 14.3 Å². The molecule has 1 aliphatic rings. The maximum atomic E-state index is 12.3. The van der Waals surface area contributed by atoms with Crippen LogP contribution in [0.3, 0.4) is 0 Å². The number of aromatic amines is 1. The summed E-state index contributed by atoms with van der Waals surface area (Å²) in [4.78, 5) is 12.3. The molecular weight excluding hydrogens is 318 g/mol. The standard InChI is InChI=1S/C19H17N3O3/c23-19(11-13-6-7-16-17(10-13)25-9-8-24-16)20-18-12-15(21-22-18)14-4-2-1-3-5-14/h1-7,10,12H,8-9,11H2,(H2,20,21,22,23). The third kappa shape index (κ3) is 3.47. The number of anilines is 1. The van der Waals surface area contributed by atoms with E-state index in [-0.39, 0.29) is 12.3 Å². The molecule has 2 aromatic carbocycles. The minimum absolute atomic E-state index is 0.136. The van der Waals surface area contributed by atoms with E-state index >= 15 is 0 Å². The molecule has 0 saturated heterocycles. The number of nitrogens with zero attached hydrogens (tertiary/aromatic N) is 1. The predicted octanol–water partition coefficient (Wildman–Crippen LogP) is 3.03. The van der Waals surface area contributed by atoms with Crippen molar-refractivity contribution in [2.45, 2.75) is 6.42 Å². The average molecular weight is 335 g/mol. The lowest BCUT2D eigenvalue weighted by molar-refractivity contribution is -0.115. The van der Waals surface area contributed by atoms with E-state index < -0.39 is 0 Å². The van der Waals surface area contributed by atoms with Gasteiger partial charge in [-0.05, 0) is 23.3 Å². The monoisotopic (exact) mass is 335 g/mol. The highest BCUT2D eigenvalue weighted by Gasteiger charge is 2.14. The van der Waals surface area contributed by atoms with Crippen LogP contribution in [0.15, 0.2) is 54.6 Å². The van der Waals surface area contributed by atoms with Gasteiger partial charge in [0.25, 0.3) is 0 Å². The van der Waals surface area contributed by atoms with E-state index in [2.05, 4.69) is 15.5 Å². The van der Waals surface area contributed by atoms with Gasteiger partial charge in [-0.2, -0.15) is 5.10 Å². The zero-order valence-electron chi connectivity index (χ0n) is 13.5. The van der Waals surface area contributed by atoms with Gasteiger partial charge in [-0.15, -0.1) is 0 Å². The summed E-state index contributed by atoms with van der Waals surface area (Å²) in [5.74, 6) is 1.77. The Morgan fingerprint density at radius 2 is 1.84 bits per heavy atom. The van der Waals surface area contributed by atoms with Crippen molar-refractivity contribution in [1.29, 1.82) is 0 Å². The topological polar surface area (TPSA) is 76.2 Å². The first kappa shape index (κ1) is 15.3. The number of carbonyl (C=O) groups excluding carboxylic acids is 1. The molecule has 6 heteroatoms. The van der Waals surface area contributed by atoms with E-state index in [1.165, 1.54) is 0 Å². The first-order valence-corrected chi connectivity index (χ1v) is 8.07. The van der Waals surface area contributed by atoms with Crippen molar-refractivity contribution in [3.8, 4) is 22.8 Å². The van der Waals surface area contributed by atoms with Crippen molar-refractivity contribution in [3.05, 3.63) is 60.2 Å². The van der Waals surface area contributed by atoms with Crippen LogP contribution in [0.25, 0.3) is 11.3 Å². The molecule has 1 aliphatic heterocycles. The highest BCUT2D eigenvalue weighted by atomic mass is 16.6. The third-order valence-corrected chi connectivity index (χ3v) is 3.90. The Labute approximate surface area is 144 Å². The minimum atomic E-state index is -0.136. The van der Waals surface area contributed by atoms with Gasteiger partial charge in [0, 0.05) is 6.07 Å². The van der Waals surface area contributed by atoms with Crippen LogP contribution in [0.4, 0.5) is 5.82 Å². The Bertz CT molecular complexity index is 890. The molecule has 0 fully saturated rings. The molecule has 1 aromatic heterocycles. The fourth-order valence-corrected chi connectivity index (χ4v) is 2.72. The molecule has 3 aromatic rings. The van der Waals surface area contributed by atoms with Crippen LogP contribution in [0.2, 0.25) is 0 Å². The first-order valence-electron chi connectivity index (χ1n) is 8.07. The summed E-state index contributed by atoms with van der Waals surface area (Å²) >= 11 is 0. The fourth-order valence-electron chi connectivity index (χ4n) is 2.72. The number of hydrogen-bond acceptors (Lipinski definition) is 4. The summed E-state index contributed by atoms with van der Waals surface area (Å²) in [5, 5.41) is 9.88. The second kappa shape index (κ2) is 6.68. The van der Waals surface area contributed by atoms with Crippen LogP contribution >= 0.6 is 0 Å². The van der Waals surface area contributed by atoms with E-state index in [1.54, 1.807) is 0 Å². The van der Waals surface area contributed by atoms with Gasteiger partial charge >= 0.3 is 0 Å². The largest absolute Gasteiger partial charge is 0.486 e. The molecule has 2 N–H and O–H groups in total. The Hall–Kier alpha value is -3.28. The van der Waals surface area contributed by atoms with E-state index in [0.29, 0.717) is 24.8 Å². The van der Waals surface area contributed by atoms with E-state index in [9.17, 15) is 4.79 Å². The zero-order chi connectivity index (χ0) is 17.1. The summed E-state index contributed by atoms with van der Waals surface area (Å²) in [6.45, 7) is 1.08. The van der Waals surface area contributed by atoms with Crippen molar-refractivity contribution in [2.75, 3.05) is 18.5 Å². The Morgan fingerprint density at radius 1 is 1.04 bits per heavy atom. The summed E-state index contributed by atoms with van der Waals surface area (Å²) < 4.78 is 11.0. The van der Waals surface area contributed by atoms with Crippen molar-refractivity contribution in [1.82, 2.24) is 10.2 Å². The molecule has 4 rings (SSSR count). The van der Waals surface area contributed by atoms with Gasteiger partial charge in [0.2, 0.25) is 5.91 Å². The number of fused-ring (bicyclic) bond motifs is 1. The predicted molar refractivity (Wildman–Crippen MR) is 93.8 cm³/mol. The lowest BCUT2D eigenvalue weighted by Crippen LogP contribution is -2.17. The number of benzene rings is 2. The van der Waals surface area contributed by atoms with Gasteiger partial charge in [0.15, 0.2) is 17.3 Å². The molecule has 0 aliphatic carbocycles. The average Bonchev–Trinajstić information content (AvgIpc) is 3.10. The maximum absolute atomic E-state index is 12.3. The van der Waals surface area contributed by atoms with Gasteiger partial charge in [-0.25, -0.2) is 0 Å². The van der Waals surface area contributed by atoms with Crippen LogP contribution in [0.5, 0.6) is 11.5 Å². The fraction of sp³-hybridized carbons (Fsp3) is 0.158. The molecule has 6 nitrogen and oxygen atoms in total. The second-order valence-corrected chi connectivity index (χ2v) is 5.74. The molecule has 0 spiro atoms. The Balaban J connectivity index is 1.42. The van der Waals surface area contributed by atoms with Gasteiger partial charge < -0.3 is 14.8 Å². The number of nitrogens with one attached hydrogen (secondary N) is 2. The van der Waals surface area contributed by atoms with Crippen LogP contribution in [-0.2, 0) is 11.2 Å². The number of rotatable bonds is 4. The normalized spacial score (nSPS) is 12.6. The smallest absolute Gasteiger partial charge is 0.229 e. The molecule has 2 heterocycles. The van der Waals surface area contributed by atoms with Crippen LogP contribution in [0.1, 0.15) is 5.56 Å². The molecular formula is C19H17N3O3. The minimum Gasteiger partial charge on any atom is -0.486 e. The molecule has 126 valence electrons. The maximum Gasteiger partial charge on any atom is 0.229 e. The van der Waals surface area contributed by atoms with Crippen LogP contribution < -0.4 is 14.8 Å². The van der Waals surface area contributed by atoms with Gasteiger partial charge in [0.1, 0.15) is 13.2 Å². The van der Waals surface area contributed by atoms with E-state index in [0.717, 1.165) is 22.6 Å². The highest BCUT2D eigenvalue weighted by Crippen LogP contribution is 2.31. The van der Waals surface area contributed by atoms with E-state index in [4.69, 9.17) is 9.47 Å². The van der Waals surface area contributed by atoms with E-state index in [1.807, 2.05) is 54.6 Å². The molecule has 0 radical (unpaired) electrons. The number of H-pyrrole nitrogens is 1. The molecule has 0 unspecified atom stereocenters. The summed E-state index contributed by atoms with van der Waals surface area (Å²) in [6, 6.07) is 17.2. The summed E-state index contributed by atoms with van der Waals surface area (Å²) in [5.41, 5.74) is 2.73. The lowest BCUT2D eigenvalue weighted by Gasteiger charge is -2.18. The van der Waals surface area contributed by atoms with Crippen molar-refractivity contribution in [2.24, 2.45) is 0 Å². The Kier molecular flexibility index (Phi) is 4.08. The number of aromatic nitrogens is 2. The quantitative estimate of drug-likeness (QED) is 0.768. The Morgan fingerprint density at radius 3 is 2.68 bits per heavy atom. The molecule has 25 heavy (non-hydrogen) atoms. The SMILES string of the molecule is O=C(Cc1ccc2c(c1)OCCO2)Nc1cc(-c2ccccc2)[nH]n1. The molecule has 0 saturated carbocycles. The summed E-state index contributed by atoms with van der Waals surface area (Å²) in [7, 11) is 0. The lowest BCUT2D eigenvalue weighted by atomic mass is 10.1. The van der Waals surface area contributed by atoms with Gasteiger partial charge in [0.05, 0.1) is 12.1 Å². The summed E-state index contributed by atoms with van der Waals surface area (Å²) in [6.07, 6.45) is 0.240. The molecule has 0 atom stereocenters. The van der Waals surface area contributed by atoms with Gasteiger partial charge in [-0.3, -0.25) is 9.89 Å². The van der Waals surface area contributed by atoms with Crippen LogP contribution in [-0.4, -0.2) is 29.3 Å². The second-order valence-electron chi connectivity index (χ2n) is 5.74. The number of amides is 1. The third-order valence-electron chi connectivity index (χ3n) is 3.90. The first-order chi connectivity index (χ1) is 12.3. The highest BCUT2D eigenvalue weighted by molar-refractivity contribution is 5.92. The number of ether oxygens (including phenoxy) is 2. The van der Waals surface area contributed by atoms with Crippen LogP contribution in [0, 0.1) is 0 Å². The van der Waals surface area contributed by atoms with Crippen molar-refractivity contribution >= 4 is 11.7 Å². The van der Waals surface area contributed by atoms with Gasteiger partial charge in [-0.1, -0.05) is 36.4 Å². The number of carbonyl (C=O) groups is 1. The molecule has 0 bridgehead atoms.